The van der Waals surface area contributed by atoms with Crippen molar-refractivity contribution in [1.82, 2.24) is 0 Å². The van der Waals surface area contributed by atoms with Crippen molar-refractivity contribution in [3.8, 4) is 0 Å². The van der Waals surface area contributed by atoms with E-state index >= 15 is 0 Å². The van der Waals surface area contributed by atoms with Crippen molar-refractivity contribution in [2.75, 3.05) is 11.8 Å². The largest absolute Gasteiger partial charge is 0.143 e. The van der Waals surface area contributed by atoms with E-state index < -0.39 is 35.6 Å². The summed E-state index contributed by atoms with van der Waals surface area (Å²) in [5.41, 5.74) is -1.90. The fraction of sp³-hybridized carbons (Fsp3) is 1.00. The molecular formula is C10H9Cl9. The Morgan fingerprint density at radius 3 is 1.79 bits per heavy atom. The summed E-state index contributed by atoms with van der Waals surface area (Å²) in [6, 6.07) is 0. The third-order valence-corrected chi connectivity index (χ3v) is 8.92. The maximum atomic E-state index is 6.47. The first-order valence-electron chi connectivity index (χ1n) is 5.35. The van der Waals surface area contributed by atoms with Gasteiger partial charge >= 0.3 is 0 Å². The quantitative estimate of drug-likeness (QED) is 0.449. The van der Waals surface area contributed by atoms with E-state index in [-0.39, 0.29) is 18.2 Å². The second-order valence-corrected chi connectivity index (χ2v) is 10.2. The molecular weight excluding hydrogens is 439 g/mol. The van der Waals surface area contributed by atoms with Gasteiger partial charge in [-0.3, -0.25) is 0 Å². The molecule has 2 aliphatic carbocycles. The maximum Gasteiger partial charge on any atom is 0.143 e. The van der Waals surface area contributed by atoms with Crippen LogP contribution in [0.2, 0.25) is 0 Å². The average Bonchev–Trinajstić information content (AvgIpc) is 2.60. The fourth-order valence-corrected chi connectivity index (χ4v) is 8.72. The Kier molecular flexibility index (Phi) is 5.02. The molecule has 19 heavy (non-hydrogen) atoms. The number of hydrogen-bond acceptors (Lipinski definition) is 0. The van der Waals surface area contributed by atoms with Crippen molar-refractivity contribution in [3.05, 3.63) is 0 Å². The molecule has 2 bridgehead atoms. The van der Waals surface area contributed by atoms with Crippen LogP contribution in [0.1, 0.15) is 6.42 Å². The summed E-state index contributed by atoms with van der Waals surface area (Å²) in [6.45, 7) is 0. The monoisotopic (exact) mass is 444 g/mol. The molecule has 0 radical (unpaired) electrons. The normalized spacial score (nSPS) is 42.0. The third-order valence-electron chi connectivity index (χ3n) is 4.54. The lowest BCUT2D eigenvalue weighted by Gasteiger charge is -2.47. The van der Waals surface area contributed by atoms with Crippen molar-refractivity contribution in [2.45, 2.75) is 25.3 Å². The van der Waals surface area contributed by atoms with Crippen LogP contribution >= 0.6 is 104 Å². The molecule has 0 aromatic heterocycles. The van der Waals surface area contributed by atoms with Gasteiger partial charge in [-0.2, -0.15) is 0 Å². The molecule has 0 aliphatic heterocycles. The third kappa shape index (κ3) is 1.94. The summed E-state index contributed by atoms with van der Waals surface area (Å²) in [5.74, 6) is -0.277. The Morgan fingerprint density at radius 2 is 1.47 bits per heavy atom. The van der Waals surface area contributed by atoms with Gasteiger partial charge in [-0.25, -0.2) is 0 Å². The van der Waals surface area contributed by atoms with Gasteiger partial charge in [0.25, 0.3) is 0 Å². The van der Waals surface area contributed by atoms with Crippen molar-refractivity contribution in [1.29, 1.82) is 0 Å². The van der Waals surface area contributed by atoms with Crippen molar-refractivity contribution in [2.24, 2.45) is 16.7 Å². The molecule has 112 valence electrons. The smallest absolute Gasteiger partial charge is 0.126 e. The lowest BCUT2D eigenvalue weighted by Crippen LogP contribution is -2.53. The molecule has 2 fully saturated rings. The van der Waals surface area contributed by atoms with E-state index in [0.717, 1.165) is 0 Å². The van der Waals surface area contributed by atoms with Crippen molar-refractivity contribution < 1.29 is 0 Å². The van der Waals surface area contributed by atoms with E-state index in [1.807, 2.05) is 0 Å². The minimum Gasteiger partial charge on any atom is -0.126 e. The van der Waals surface area contributed by atoms with Gasteiger partial charge in [0.05, 0.1) is 5.38 Å². The van der Waals surface area contributed by atoms with Crippen LogP contribution in [0.25, 0.3) is 0 Å². The molecule has 2 rings (SSSR count). The van der Waals surface area contributed by atoms with E-state index in [2.05, 4.69) is 0 Å². The topological polar surface area (TPSA) is 0 Å². The molecule has 2 saturated carbocycles. The summed E-state index contributed by atoms with van der Waals surface area (Å²) in [5, 5.41) is -0.753. The summed E-state index contributed by atoms with van der Waals surface area (Å²) in [4.78, 5) is -0.953. The Bertz CT molecular complexity index is 375. The zero-order chi connectivity index (χ0) is 14.9. The SMILES string of the molecule is ClCC1(CCl)C2C(Cl)C(Cl)(Cl)C1(C(Cl)Cl)CC2(Cl)Cl. The van der Waals surface area contributed by atoms with E-state index in [9.17, 15) is 0 Å². The number of hydrogen-bond donors (Lipinski definition) is 0. The Hall–Kier alpha value is 2.61. The van der Waals surface area contributed by atoms with Crippen LogP contribution in [0.3, 0.4) is 0 Å². The number of fused-ring (bicyclic) bond motifs is 2. The van der Waals surface area contributed by atoms with Gasteiger partial charge in [-0.05, 0) is 6.42 Å². The van der Waals surface area contributed by atoms with Gasteiger partial charge in [0.2, 0.25) is 0 Å². The summed E-state index contributed by atoms with van der Waals surface area (Å²) >= 11 is 56.8. The fourth-order valence-electron chi connectivity index (χ4n) is 3.62. The predicted octanol–water partition coefficient (Wildman–Crippen LogP) is 6.23. The number of alkyl halides is 9. The van der Waals surface area contributed by atoms with Gasteiger partial charge in [0.1, 0.15) is 13.5 Å². The second-order valence-electron chi connectivity index (χ2n) is 5.14. The molecule has 0 nitrogen and oxygen atoms in total. The van der Waals surface area contributed by atoms with Crippen LogP contribution in [-0.4, -0.2) is 30.6 Å². The average molecular weight is 448 g/mol. The van der Waals surface area contributed by atoms with E-state index in [0.29, 0.717) is 0 Å². The molecule has 0 aromatic carbocycles. The lowest BCUT2D eigenvalue weighted by molar-refractivity contribution is 0.145. The zero-order valence-corrected chi connectivity index (χ0v) is 16.1. The molecule has 3 atom stereocenters. The van der Waals surface area contributed by atoms with Gasteiger partial charge in [0, 0.05) is 28.5 Å². The number of rotatable bonds is 3. The molecule has 3 unspecified atom stereocenters. The first-order valence-corrected chi connectivity index (χ1v) is 9.24. The van der Waals surface area contributed by atoms with Gasteiger partial charge in [0.15, 0.2) is 0 Å². The molecule has 0 aromatic rings. The minimum atomic E-state index is -1.41. The van der Waals surface area contributed by atoms with Gasteiger partial charge < -0.3 is 0 Å². The van der Waals surface area contributed by atoms with Crippen molar-refractivity contribution >= 4 is 104 Å². The standard InChI is InChI=1S/C10H9Cl9/c11-2-7(3-12)4-5(13)10(18,19)8(7,6(14)15)1-9(4,16)17/h4-6H,1-3H2. The van der Waals surface area contributed by atoms with Crippen LogP contribution in [-0.2, 0) is 0 Å². The van der Waals surface area contributed by atoms with E-state index in [4.69, 9.17) is 104 Å². The highest BCUT2D eigenvalue weighted by molar-refractivity contribution is 6.58. The molecule has 9 heteroatoms. The minimum absolute atomic E-state index is 0.114. The molecule has 0 saturated heterocycles. The molecule has 2 aliphatic rings. The highest BCUT2D eigenvalue weighted by Gasteiger charge is 2.85. The van der Waals surface area contributed by atoms with Crippen LogP contribution < -0.4 is 0 Å². The van der Waals surface area contributed by atoms with Gasteiger partial charge in [-0.15, -0.1) is 81.2 Å². The summed E-state index contributed by atoms with van der Waals surface area (Å²) in [7, 11) is 0. The maximum absolute atomic E-state index is 6.47. The van der Waals surface area contributed by atoms with Crippen molar-refractivity contribution in [3.63, 3.8) is 0 Å². The Morgan fingerprint density at radius 1 is 1.00 bits per heavy atom. The highest BCUT2D eigenvalue weighted by atomic mass is 35.5. The van der Waals surface area contributed by atoms with Crippen LogP contribution in [0.5, 0.6) is 0 Å². The first-order chi connectivity index (χ1) is 8.55. The second kappa shape index (κ2) is 5.32. The molecule has 0 N–H and O–H groups in total. The zero-order valence-electron chi connectivity index (χ0n) is 9.26. The Balaban J connectivity index is 2.74. The molecule has 0 spiro atoms. The van der Waals surface area contributed by atoms with E-state index in [1.54, 1.807) is 0 Å². The van der Waals surface area contributed by atoms with Crippen LogP contribution in [0.15, 0.2) is 0 Å². The summed E-state index contributed by atoms with van der Waals surface area (Å²) < 4.78 is -2.59. The predicted molar refractivity (Wildman–Crippen MR) is 88.4 cm³/mol. The van der Waals surface area contributed by atoms with Gasteiger partial charge in [-0.1, -0.05) is 23.2 Å². The molecule has 0 heterocycles. The van der Waals surface area contributed by atoms with Crippen LogP contribution in [0, 0.1) is 16.7 Å². The highest BCUT2D eigenvalue weighted by Crippen LogP contribution is 2.81. The molecule has 0 amide bonds. The first kappa shape index (κ1) is 18.0. The lowest BCUT2D eigenvalue weighted by atomic mass is 9.70. The van der Waals surface area contributed by atoms with Crippen LogP contribution in [0.4, 0.5) is 0 Å². The summed E-state index contributed by atoms with van der Waals surface area (Å²) in [6.07, 6.45) is 0.182. The van der Waals surface area contributed by atoms with E-state index in [1.165, 1.54) is 0 Å². The number of halogens is 9. The Labute approximate surface area is 157 Å².